The topological polar surface area (TPSA) is 59.0 Å². The van der Waals surface area contributed by atoms with Crippen molar-refractivity contribution in [1.82, 2.24) is 20.4 Å². The molecule has 25 heavy (non-hydrogen) atoms. The average molecular weight is 338 g/mol. The van der Waals surface area contributed by atoms with E-state index >= 15 is 0 Å². The number of nitrogens with zero attached hydrogens (tertiary/aromatic N) is 2. The molecule has 3 rings (SSSR count). The predicted molar refractivity (Wildman–Crippen MR) is 93.9 cm³/mol. The maximum absolute atomic E-state index is 13.5. The largest absolute Gasteiger partial charge is 0.338 e. The third kappa shape index (κ3) is 4.67. The third-order valence-electron chi connectivity index (χ3n) is 3.80. The van der Waals surface area contributed by atoms with Crippen LogP contribution in [-0.4, -0.2) is 22.4 Å². The summed E-state index contributed by atoms with van der Waals surface area (Å²) in [5, 5.41) is 9.60. The zero-order valence-corrected chi connectivity index (χ0v) is 13.7. The van der Waals surface area contributed by atoms with Crippen LogP contribution in [0.25, 0.3) is 5.69 Å². The summed E-state index contributed by atoms with van der Waals surface area (Å²) in [6.07, 6.45) is 4.33. The maximum Gasteiger partial charge on any atom is 0.315 e. The van der Waals surface area contributed by atoms with Crippen molar-refractivity contribution in [3.63, 3.8) is 0 Å². The molecule has 0 atom stereocenters. The number of carbonyl (C=O) groups excluding carboxylic acids is 1. The van der Waals surface area contributed by atoms with Gasteiger partial charge in [-0.15, -0.1) is 0 Å². The molecule has 3 aromatic rings. The highest BCUT2D eigenvalue weighted by Crippen LogP contribution is 2.09. The molecular weight excluding hydrogens is 319 g/mol. The number of hydrogen-bond acceptors (Lipinski definition) is 2. The monoisotopic (exact) mass is 338 g/mol. The summed E-state index contributed by atoms with van der Waals surface area (Å²) in [5.41, 5.74) is 2.57. The Kier molecular flexibility index (Phi) is 5.41. The zero-order chi connectivity index (χ0) is 17.5. The molecule has 128 valence electrons. The number of hydrogen-bond donors (Lipinski definition) is 2. The molecular formula is C19H19FN4O. The first kappa shape index (κ1) is 16.7. The maximum atomic E-state index is 13.5. The van der Waals surface area contributed by atoms with E-state index in [4.69, 9.17) is 0 Å². The van der Waals surface area contributed by atoms with Gasteiger partial charge in [-0.25, -0.2) is 13.9 Å². The van der Waals surface area contributed by atoms with E-state index in [1.165, 1.54) is 6.07 Å². The molecule has 5 nitrogen and oxygen atoms in total. The Morgan fingerprint density at radius 3 is 2.56 bits per heavy atom. The Morgan fingerprint density at radius 2 is 1.84 bits per heavy atom. The van der Waals surface area contributed by atoms with Crippen molar-refractivity contribution < 1.29 is 9.18 Å². The van der Waals surface area contributed by atoms with Gasteiger partial charge in [0.2, 0.25) is 0 Å². The Balaban J connectivity index is 1.42. The Hall–Kier alpha value is -3.15. The molecule has 2 amide bonds. The van der Waals surface area contributed by atoms with Crippen LogP contribution in [0.4, 0.5) is 9.18 Å². The van der Waals surface area contributed by atoms with E-state index in [2.05, 4.69) is 15.7 Å². The van der Waals surface area contributed by atoms with Crippen LogP contribution in [-0.2, 0) is 13.0 Å². The molecule has 0 saturated carbocycles. The smallest absolute Gasteiger partial charge is 0.315 e. The van der Waals surface area contributed by atoms with Crippen LogP contribution >= 0.6 is 0 Å². The number of rotatable bonds is 6. The van der Waals surface area contributed by atoms with Crippen molar-refractivity contribution in [2.45, 2.75) is 13.0 Å². The van der Waals surface area contributed by atoms with Crippen LogP contribution in [0.1, 0.15) is 11.1 Å². The quantitative estimate of drug-likeness (QED) is 0.726. The molecule has 0 aliphatic heterocycles. The highest BCUT2D eigenvalue weighted by atomic mass is 19.1. The molecule has 1 aromatic heterocycles. The Labute approximate surface area is 145 Å². The molecule has 0 fully saturated rings. The number of benzene rings is 2. The first-order chi connectivity index (χ1) is 12.2. The van der Waals surface area contributed by atoms with E-state index in [9.17, 15) is 9.18 Å². The molecule has 0 aliphatic carbocycles. The highest BCUT2D eigenvalue weighted by molar-refractivity contribution is 5.73. The van der Waals surface area contributed by atoms with Gasteiger partial charge in [0.25, 0.3) is 0 Å². The first-order valence-corrected chi connectivity index (χ1v) is 8.06. The van der Waals surface area contributed by atoms with E-state index < -0.39 is 0 Å². The van der Waals surface area contributed by atoms with Crippen LogP contribution in [0.2, 0.25) is 0 Å². The van der Waals surface area contributed by atoms with Crippen molar-refractivity contribution >= 4 is 6.03 Å². The van der Waals surface area contributed by atoms with Crippen molar-refractivity contribution in [3.8, 4) is 5.69 Å². The lowest BCUT2D eigenvalue weighted by Gasteiger charge is -2.09. The second kappa shape index (κ2) is 8.10. The van der Waals surface area contributed by atoms with E-state index in [1.807, 2.05) is 36.5 Å². The average Bonchev–Trinajstić information content (AvgIpc) is 3.16. The fraction of sp³-hybridized carbons (Fsp3) is 0.158. The summed E-state index contributed by atoms with van der Waals surface area (Å²) in [5.74, 6) is -0.319. The van der Waals surface area contributed by atoms with E-state index in [0.29, 0.717) is 18.5 Å². The minimum atomic E-state index is -0.319. The van der Waals surface area contributed by atoms with Crippen LogP contribution < -0.4 is 10.6 Å². The highest BCUT2D eigenvalue weighted by Gasteiger charge is 2.04. The first-order valence-electron chi connectivity index (χ1n) is 8.06. The summed E-state index contributed by atoms with van der Waals surface area (Å²) in [6, 6.07) is 15.9. The molecule has 0 bridgehead atoms. The summed E-state index contributed by atoms with van der Waals surface area (Å²) in [7, 11) is 0. The van der Waals surface area contributed by atoms with E-state index in [-0.39, 0.29) is 18.4 Å². The van der Waals surface area contributed by atoms with Crippen molar-refractivity contribution in [3.05, 3.63) is 83.9 Å². The fourth-order valence-electron chi connectivity index (χ4n) is 2.44. The van der Waals surface area contributed by atoms with Gasteiger partial charge in [-0.3, -0.25) is 0 Å². The molecule has 0 spiro atoms. The standard InChI is InChI=1S/C19H19FN4O/c20-18-5-2-1-4-16(18)14-22-19(25)21-12-10-15-6-8-17(9-7-15)24-13-3-11-23-24/h1-9,11,13H,10,12,14H2,(H2,21,22,25). The van der Waals surface area contributed by atoms with Crippen molar-refractivity contribution in [2.24, 2.45) is 0 Å². The fourth-order valence-corrected chi connectivity index (χ4v) is 2.44. The van der Waals surface area contributed by atoms with Crippen LogP contribution in [0, 0.1) is 5.82 Å². The summed E-state index contributed by atoms with van der Waals surface area (Å²) in [6.45, 7) is 0.668. The molecule has 6 heteroatoms. The molecule has 2 aromatic carbocycles. The number of halogens is 1. The van der Waals surface area contributed by atoms with Gasteiger partial charge in [0.1, 0.15) is 5.82 Å². The van der Waals surface area contributed by atoms with Gasteiger partial charge in [0.15, 0.2) is 0 Å². The van der Waals surface area contributed by atoms with Crippen LogP contribution in [0.5, 0.6) is 0 Å². The van der Waals surface area contributed by atoms with Crippen molar-refractivity contribution in [2.75, 3.05) is 6.54 Å². The normalized spacial score (nSPS) is 10.4. The summed E-state index contributed by atoms with van der Waals surface area (Å²) in [4.78, 5) is 11.8. The predicted octanol–water partition coefficient (Wildman–Crippen LogP) is 3.05. The SMILES string of the molecule is O=C(NCCc1ccc(-n2cccn2)cc1)NCc1ccccc1F. The number of nitrogens with one attached hydrogen (secondary N) is 2. The Morgan fingerprint density at radius 1 is 1.04 bits per heavy atom. The van der Waals surface area contributed by atoms with Crippen LogP contribution in [0.15, 0.2) is 67.0 Å². The molecule has 1 heterocycles. The molecule has 2 N–H and O–H groups in total. The van der Waals surface area contributed by atoms with Gasteiger partial charge in [0.05, 0.1) is 5.69 Å². The minimum absolute atomic E-state index is 0.164. The lowest BCUT2D eigenvalue weighted by molar-refractivity contribution is 0.240. The number of carbonyl (C=O) groups is 1. The van der Waals surface area contributed by atoms with Crippen LogP contribution in [0.3, 0.4) is 0 Å². The zero-order valence-electron chi connectivity index (χ0n) is 13.7. The second-order valence-electron chi connectivity index (χ2n) is 5.57. The Bertz CT molecular complexity index is 816. The summed E-state index contributed by atoms with van der Waals surface area (Å²) >= 11 is 0. The molecule has 0 radical (unpaired) electrons. The number of urea groups is 1. The molecule has 0 unspecified atom stereocenters. The lowest BCUT2D eigenvalue weighted by atomic mass is 10.1. The van der Waals surface area contributed by atoms with Gasteiger partial charge in [-0.05, 0) is 36.2 Å². The number of amides is 2. The van der Waals surface area contributed by atoms with Gasteiger partial charge < -0.3 is 10.6 Å². The lowest BCUT2D eigenvalue weighted by Crippen LogP contribution is -2.36. The van der Waals surface area contributed by atoms with E-state index in [1.54, 1.807) is 29.1 Å². The molecule has 0 aliphatic rings. The third-order valence-corrected chi connectivity index (χ3v) is 3.80. The molecule has 0 saturated heterocycles. The van der Waals surface area contributed by atoms with E-state index in [0.717, 1.165) is 11.3 Å². The van der Waals surface area contributed by atoms with Gasteiger partial charge >= 0.3 is 6.03 Å². The second-order valence-corrected chi connectivity index (χ2v) is 5.57. The number of aromatic nitrogens is 2. The van der Waals surface area contributed by atoms with Crippen molar-refractivity contribution in [1.29, 1.82) is 0 Å². The minimum Gasteiger partial charge on any atom is -0.338 e. The summed E-state index contributed by atoms with van der Waals surface area (Å²) < 4.78 is 15.3. The van der Waals surface area contributed by atoms with Gasteiger partial charge in [-0.1, -0.05) is 30.3 Å². The van der Waals surface area contributed by atoms with Gasteiger partial charge in [0, 0.05) is 31.0 Å². The van der Waals surface area contributed by atoms with Gasteiger partial charge in [-0.2, -0.15) is 5.10 Å².